The van der Waals surface area contributed by atoms with Crippen LogP contribution in [0.1, 0.15) is 6.92 Å². The topological polar surface area (TPSA) is 72.5 Å². The molecular formula is C10H34O7Si7. The van der Waals surface area contributed by atoms with Crippen LogP contribution < -0.4 is 0 Å². The molecule has 24 heavy (non-hydrogen) atoms. The van der Waals surface area contributed by atoms with E-state index in [0.717, 1.165) is 10.5 Å². The van der Waals surface area contributed by atoms with Crippen LogP contribution in [0.25, 0.3) is 0 Å². The number of esters is 1. The average molecular weight is 463 g/mol. The lowest BCUT2D eigenvalue weighted by atomic mass is 10.4. The predicted molar refractivity (Wildman–Crippen MR) is 117 cm³/mol. The normalized spacial score (nSPS) is 13.6. The molecule has 0 unspecified atom stereocenters. The minimum Gasteiger partial charge on any atom is -0.466 e. The maximum atomic E-state index is 10.2. The van der Waals surface area contributed by atoms with E-state index >= 15 is 0 Å². The standard InChI is InChI=1S/C5H26O5Si7.C5H8O2/c1-16(2,3)10-17(4,5)15-9-14-8-13-7-12-6-11;1-4(2)5(6)7-3/h12-15H2,1-5,11H3;1H2,2-3H3. The summed E-state index contributed by atoms with van der Waals surface area (Å²) in [5.41, 5.74) is 0.433. The number of ether oxygens (including phenoxy) is 1. The molecule has 0 radical (unpaired) electrons. The number of hydrogen-bond donors (Lipinski definition) is 0. The van der Waals surface area contributed by atoms with Crippen molar-refractivity contribution in [3.05, 3.63) is 12.2 Å². The van der Waals surface area contributed by atoms with Gasteiger partial charge in [-0.2, -0.15) is 0 Å². The van der Waals surface area contributed by atoms with E-state index in [1.807, 2.05) is 0 Å². The number of rotatable bonds is 11. The maximum Gasteiger partial charge on any atom is 0.332 e. The van der Waals surface area contributed by atoms with Gasteiger partial charge >= 0.3 is 5.97 Å². The van der Waals surface area contributed by atoms with Crippen molar-refractivity contribution in [2.24, 2.45) is 0 Å². The van der Waals surface area contributed by atoms with E-state index in [4.69, 9.17) is 20.6 Å². The van der Waals surface area contributed by atoms with Crippen LogP contribution in [0.2, 0.25) is 32.7 Å². The van der Waals surface area contributed by atoms with E-state index in [2.05, 4.69) is 44.1 Å². The fraction of sp³-hybridized carbons (Fsp3) is 0.700. The Labute approximate surface area is 160 Å². The zero-order valence-electron chi connectivity index (χ0n) is 16.4. The molecule has 0 aromatic heterocycles. The van der Waals surface area contributed by atoms with E-state index in [1.165, 1.54) is 7.11 Å². The first-order valence-corrected chi connectivity index (χ1v) is 21.1. The SMILES string of the molecule is C=C(C)C(=O)OC.C[Si](C)(C)O[Si](C)(C)[SiH2]O[SiH2]O[SiH2]O[SiH2]O[SiH3]. The Hall–Kier alpha value is 0.528. The summed E-state index contributed by atoms with van der Waals surface area (Å²) in [7, 11) is -3.65. The molecule has 0 spiro atoms. The van der Waals surface area contributed by atoms with Crippen LogP contribution in [-0.4, -0.2) is 79.0 Å². The van der Waals surface area contributed by atoms with Crippen molar-refractivity contribution >= 4 is 71.9 Å². The average Bonchev–Trinajstić information content (AvgIpc) is 2.43. The fourth-order valence-electron chi connectivity index (χ4n) is 1.59. The molecule has 0 saturated heterocycles. The van der Waals surface area contributed by atoms with E-state index in [1.54, 1.807) is 6.92 Å². The molecule has 0 atom stereocenters. The van der Waals surface area contributed by atoms with Crippen molar-refractivity contribution in [3.63, 3.8) is 0 Å². The largest absolute Gasteiger partial charge is 0.466 e. The van der Waals surface area contributed by atoms with Crippen molar-refractivity contribution in [1.29, 1.82) is 0 Å². The van der Waals surface area contributed by atoms with E-state index in [0.29, 0.717) is 5.57 Å². The van der Waals surface area contributed by atoms with Gasteiger partial charge in [-0.3, -0.25) is 0 Å². The van der Waals surface area contributed by atoms with Crippen LogP contribution in [0.4, 0.5) is 0 Å². The summed E-state index contributed by atoms with van der Waals surface area (Å²) in [4.78, 5) is 10.2. The lowest BCUT2D eigenvalue weighted by molar-refractivity contribution is -0.136. The summed E-state index contributed by atoms with van der Waals surface area (Å²) in [6.07, 6.45) is 0. The molecule has 0 aromatic carbocycles. The molecule has 0 heterocycles. The van der Waals surface area contributed by atoms with Crippen molar-refractivity contribution in [1.82, 2.24) is 0 Å². The zero-order chi connectivity index (χ0) is 19.2. The molecule has 0 fully saturated rings. The summed E-state index contributed by atoms with van der Waals surface area (Å²) in [6, 6.07) is 0. The Morgan fingerprint density at radius 1 is 1.00 bits per heavy atom. The highest BCUT2D eigenvalue weighted by atomic mass is 29.2. The van der Waals surface area contributed by atoms with Gasteiger partial charge in [-0.25, -0.2) is 4.79 Å². The number of hydrogen-bond acceptors (Lipinski definition) is 7. The van der Waals surface area contributed by atoms with Gasteiger partial charge in [0.2, 0.25) is 0 Å². The van der Waals surface area contributed by atoms with Gasteiger partial charge in [0.1, 0.15) is 10.5 Å². The third-order valence-corrected chi connectivity index (χ3v) is 17.8. The van der Waals surface area contributed by atoms with Crippen LogP contribution in [-0.2, 0) is 30.1 Å². The quantitative estimate of drug-likeness (QED) is 0.148. The van der Waals surface area contributed by atoms with Gasteiger partial charge in [-0.1, -0.05) is 6.58 Å². The highest BCUT2D eigenvalue weighted by Crippen LogP contribution is 2.12. The first kappa shape index (κ1) is 26.8. The summed E-state index contributed by atoms with van der Waals surface area (Å²) in [6.45, 7) is 16.2. The monoisotopic (exact) mass is 462 g/mol. The molecule has 0 rings (SSSR count). The molecule has 0 aromatic rings. The summed E-state index contributed by atoms with van der Waals surface area (Å²) in [5, 5.41) is 0. The van der Waals surface area contributed by atoms with Crippen LogP contribution in [0.15, 0.2) is 12.2 Å². The lowest BCUT2D eigenvalue weighted by Crippen LogP contribution is -2.48. The Balaban J connectivity index is 0. The summed E-state index contributed by atoms with van der Waals surface area (Å²) in [5.74, 6) is -0.347. The lowest BCUT2D eigenvalue weighted by Gasteiger charge is -2.30. The van der Waals surface area contributed by atoms with Gasteiger partial charge < -0.3 is 25.3 Å². The second-order valence-corrected chi connectivity index (χ2v) is 29.4. The Morgan fingerprint density at radius 2 is 1.50 bits per heavy atom. The van der Waals surface area contributed by atoms with Gasteiger partial charge in [0.15, 0.2) is 25.4 Å². The van der Waals surface area contributed by atoms with Crippen LogP contribution in [0.3, 0.4) is 0 Å². The minimum atomic E-state index is -1.52. The third-order valence-electron chi connectivity index (χ3n) is 2.10. The van der Waals surface area contributed by atoms with Crippen LogP contribution in [0, 0.1) is 0 Å². The van der Waals surface area contributed by atoms with E-state index < -0.39 is 55.5 Å². The molecule has 0 aliphatic rings. The molecule has 0 N–H and O–H groups in total. The Morgan fingerprint density at radius 3 is 1.88 bits per heavy atom. The van der Waals surface area contributed by atoms with Gasteiger partial charge in [-0.05, 0) is 39.7 Å². The molecule has 7 nitrogen and oxygen atoms in total. The van der Waals surface area contributed by atoms with Gasteiger partial charge in [-0.15, -0.1) is 0 Å². The smallest absolute Gasteiger partial charge is 0.332 e. The molecule has 0 bridgehead atoms. The number of methoxy groups -OCH3 is 1. The highest BCUT2D eigenvalue weighted by molar-refractivity contribution is 7.20. The van der Waals surface area contributed by atoms with Gasteiger partial charge in [0.25, 0.3) is 30.0 Å². The summed E-state index contributed by atoms with van der Waals surface area (Å²) < 4.78 is 32.1. The first-order valence-electron chi connectivity index (χ1n) is 7.61. The van der Waals surface area contributed by atoms with Crippen molar-refractivity contribution in [2.45, 2.75) is 39.7 Å². The molecular weight excluding hydrogens is 429 g/mol. The molecule has 0 saturated carbocycles. The second kappa shape index (κ2) is 14.7. The second-order valence-electron chi connectivity index (χ2n) is 6.64. The van der Waals surface area contributed by atoms with Crippen molar-refractivity contribution in [3.8, 4) is 0 Å². The third kappa shape index (κ3) is 20.6. The highest BCUT2D eigenvalue weighted by Gasteiger charge is 2.30. The molecule has 0 aliphatic carbocycles. The Kier molecular flexibility index (Phi) is 16.4. The minimum absolute atomic E-state index is 0.347. The van der Waals surface area contributed by atoms with E-state index in [9.17, 15) is 4.79 Å². The Bertz CT molecular complexity index is 362. The number of carbonyl (C=O) groups excluding carboxylic acids is 1. The molecule has 144 valence electrons. The van der Waals surface area contributed by atoms with E-state index in [-0.39, 0.29) is 5.97 Å². The first-order chi connectivity index (χ1) is 10.9. The maximum absolute atomic E-state index is 10.2. The predicted octanol–water partition coefficient (Wildman–Crippen LogP) is -2.30. The summed E-state index contributed by atoms with van der Waals surface area (Å²) >= 11 is 0. The molecule has 0 amide bonds. The fourth-order valence-corrected chi connectivity index (χ4v) is 26.1. The molecule has 14 heteroatoms. The van der Waals surface area contributed by atoms with Crippen LogP contribution in [0.5, 0.6) is 0 Å². The number of carbonyl (C=O) groups is 1. The van der Waals surface area contributed by atoms with Crippen molar-refractivity contribution < 1.29 is 30.1 Å². The van der Waals surface area contributed by atoms with Gasteiger partial charge in [0.05, 0.1) is 7.11 Å². The van der Waals surface area contributed by atoms with Gasteiger partial charge in [0, 0.05) is 5.57 Å². The molecule has 0 aliphatic heterocycles. The van der Waals surface area contributed by atoms with Crippen molar-refractivity contribution in [2.75, 3.05) is 7.11 Å². The zero-order valence-corrected chi connectivity index (χ0v) is 26.1. The van der Waals surface area contributed by atoms with Crippen LogP contribution >= 0.6 is 0 Å².